The average Bonchev–Trinajstić information content (AvgIpc) is 3.43. The van der Waals surface area contributed by atoms with Gasteiger partial charge in [0, 0.05) is 23.4 Å². The number of carbonyl (C=O) groups is 4. The number of aliphatic hydroxyl groups excluding tert-OH is 1. The lowest BCUT2D eigenvalue weighted by Gasteiger charge is -2.24. The SMILES string of the molecule is COc1cccc2[nH]c(C(=O)NC(CC(C)C)C(=O)NC(CC3CCNC3=O)C(=O)CO)cc12. The zero-order valence-corrected chi connectivity index (χ0v) is 19.6. The maximum Gasteiger partial charge on any atom is 0.268 e. The Morgan fingerprint density at radius 2 is 1.97 bits per heavy atom. The van der Waals surface area contributed by atoms with Gasteiger partial charge in [0.25, 0.3) is 5.91 Å². The van der Waals surface area contributed by atoms with Crippen LogP contribution in [-0.4, -0.2) is 65.9 Å². The van der Waals surface area contributed by atoms with Crippen LogP contribution < -0.4 is 20.7 Å². The van der Waals surface area contributed by atoms with E-state index in [0.29, 0.717) is 25.1 Å². The number of aromatic nitrogens is 1. The first-order valence-electron chi connectivity index (χ1n) is 11.4. The third-order valence-corrected chi connectivity index (χ3v) is 5.96. The second kappa shape index (κ2) is 11.1. The fourth-order valence-electron chi connectivity index (χ4n) is 4.17. The molecule has 34 heavy (non-hydrogen) atoms. The highest BCUT2D eigenvalue weighted by molar-refractivity contribution is 6.02. The van der Waals surface area contributed by atoms with Crippen LogP contribution in [0.15, 0.2) is 24.3 Å². The largest absolute Gasteiger partial charge is 0.496 e. The van der Waals surface area contributed by atoms with Gasteiger partial charge in [-0.1, -0.05) is 19.9 Å². The van der Waals surface area contributed by atoms with Gasteiger partial charge in [0.05, 0.1) is 13.2 Å². The number of methoxy groups -OCH3 is 1. The lowest BCUT2D eigenvalue weighted by Crippen LogP contribution is -2.53. The Morgan fingerprint density at radius 3 is 2.59 bits per heavy atom. The lowest BCUT2D eigenvalue weighted by atomic mass is 9.95. The van der Waals surface area contributed by atoms with Gasteiger partial charge in [-0.05, 0) is 43.4 Å². The number of hydrogen-bond acceptors (Lipinski definition) is 6. The second-order valence-corrected chi connectivity index (χ2v) is 8.96. The topological polar surface area (TPSA) is 150 Å². The number of H-pyrrole nitrogens is 1. The van der Waals surface area contributed by atoms with E-state index < -0.39 is 42.2 Å². The monoisotopic (exact) mass is 472 g/mol. The molecular formula is C24H32N4O6. The highest BCUT2D eigenvalue weighted by atomic mass is 16.5. The molecule has 10 nitrogen and oxygen atoms in total. The molecule has 1 aromatic carbocycles. The summed E-state index contributed by atoms with van der Waals surface area (Å²) in [5.74, 6) is -1.49. The number of amides is 3. The Kier molecular flexibility index (Phi) is 8.27. The van der Waals surface area contributed by atoms with Crippen LogP contribution in [0.2, 0.25) is 0 Å². The maximum atomic E-state index is 13.1. The molecule has 0 bridgehead atoms. The summed E-state index contributed by atoms with van der Waals surface area (Å²) in [5, 5.41) is 18.2. The van der Waals surface area contributed by atoms with E-state index in [1.807, 2.05) is 19.9 Å². The predicted octanol–water partition coefficient (Wildman–Crippen LogP) is 0.893. The molecule has 0 saturated carbocycles. The van der Waals surface area contributed by atoms with Gasteiger partial charge in [-0.25, -0.2) is 0 Å². The van der Waals surface area contributed by atoms with E-state index in [4.69, 9.17) is 4.74 Å². The van der Waals surface area contributed by atoms with Gasteiger partial charge in [0.1, 0.15) is 24.1 Å². The minimum absolute atomic E-state index is 0.0754. The number of hydrogen-bond donors (Lipinski definition) is 5. The molecule has 184 valence electrons. The molecule has 1 aliphatic heterocycles. The summed E-state index contributed by atoms with van der Waals surface area (Å²) in [7, 11) is 1.55. The predicted molar refractivity (Wildman–Crippen MR) is 125 cm³/mol. The van der Waals surface area contributed by atoms with E-state index >= 15 is 0 Å². The first kappa shape index (κ1) is 25.2. The Morgan fingerprint density at radius 1 is 1.21 bits per heavy atom. The third-order valence-electron chi connectivity index (χ3n) is 5.96. The lowest BCUT2D eigenvalue weighted by molar-refractivity contribution is -0.131. The fourth-order valence-corrected chi connectivity index (χ4v) is 4.17. The summed E-state index contributed by atoms with van der Waals surface area (Å²) < 4.78 is 5.33. The molecule has 0 radical (unpaired) electrons. The van der Waals surface area contributed by atoms with Crippen LogP contribution in [0.1, 0.15) is 43.6 Å². The Labute approximate surface area is 197 Å². The van der Waals surface area contributed by atoms with Gasteiger partial charge in [-0.3, -0.25) is 19.2 Å². The molecule has 5 N–H and O–H groups in total. The first-order valence-corrected chi connectivity index (χ1v) is 11.4. The van der Waals surface area contributed by atoms with Crippen LogP contribution in [0, 0.1) is 11.8 Å². The Bertz CT molecular complexity index is 1060. The van der Waals surface area contributed by atoms with Gasteiger partial charge in [0.2, 0.25) is 11.8 Å². The summed E-state index contributed by atoms with van der Waals surface area (Å²) in [5.41, 5.74) is 0.990. The van der Waals surface area contributed by atoms with Crippen molar-refractivity contribution in [2.75, 3.05) is 20.3 Å². The minimum Gasteiger partial charge on any atom is -0.496 e. The Hall–Kier alpha value is -3.40. The molecule has 10 heteroatoms. The normalized spacial score (nSPS) is 17.3. The molecule has 1 aliphatic rings. The zero-order valence-electron chi connectivity index (χ0n) is 19.6. The van der Waals surface area contributed by atoms with Crippen molar-refractivity contribution in [1.82, 2.24) is 20.9 Å². The summed E-state index contributed by atoms with van der Waals surface area (Å²) >= 11 is 0. The number of Topliss-reactive ketones (excluding diaryl/α,β-unsaturated/α-hetero) is 1. The average molecular weight is 473 g/mol. The second-order valence-electron chi connectivity index (χ2n) is 8.96. The van der Waals surface area contributed by atoms with E-state index in [2.05, 4.69) is 20.9 Å². The molecule has 1 aromatic heterocycles. The highest BCUT2D eigenvalue weighted by Gasteiger charge is 2.33. The van der Waals surface area contributed by atoms with Crippen LogP contribution in [-0.2, 0) is 14.4 Å². The summed E-state index contributed by atoms with van der Waals surface area (Å²) in [6.07, 6.45) is 0.992. The van der Waals surface area contributed by atoms with E-state index in [9.17, 15) is 24.3 Å². The number of benzene rings is 1. The summed E-state index contributed by atoms with van der Waals surface area (Å²) in [6.45, 7) is 3.59. The molecular weight excluding hydrogens is 440 g/mol. The standard InChI is InChI=1S/C24H32N4O6/c1-13(2)9-18(23(32)27-17(20(30)12-29)10-14-7-8-25-22(14)31)28-24(33)19-11-15-16(26-19)5-4-6-21(15)34-3/h4-6,11,13-14,17-18,26,29H,7-10,12H2,1-3H3,(H,25,31)(H,27,32)(H,28,33). The van der Waals surface area contributed by atoms with Gasteiger partial charge >= 0.3 is 0 Å². The maximum absolute atomic E-state index is 13.1. The van der Waals surface area contributed by atoms with Crippen molar-refractivity contribution in [3.8, 4) is 5.75 Å². The fraction of sp³-hybridized carbons (Fsp3) is 0.500. The molecule has 3 rings (SSSR count). The summed E-state index contributed by atoms with van der Waals surface area (Å²) in [6, 6.07) is 5.14. The molecule has 3 amide bonds. The van der Waals surface area contributed by atoms with E-state index in [1.54, 1.807) is 25.3 Å². The zero-order chi connectivity index (χ0) is 24.8. The van der Waals surface area contributed by atoms with Crippen molar-refractivity contribution in [2.45, 2.75) is 45.2 Å². The van der Waals surface area contributed by atoms with Crippen LogP contribution in [0.5, 0.6) is 5.75 Å². The van der Waals surface area contributed by atoms with E-state index in [1.165, 1.54) is 0 Å². The number of rotatable bonds is 11. The van der Waals surface area contributed by atoms with Crippen molar-refractivity contribution < 1.29 is 29.0 Å². The van der Waals surface area contributed by atoms with Crippen molar-refractivity contribution in [3.05, 3.63) is 30.0 Å². The molecule has 1 fully saturated rings. The summed E-state index contributed by atoms with van der Waals surface area (Å²) in [4.78, 5) is 53.4. The van der Waals surface area contributed by atoms with E-state index in [-0.39, 0.29) is 23.9 Å². The molecule has 1 saturated heterocycles. The minimum atomic E-state index is -1.02. The van der Waals surface area contributed by atoms with Gasteiger partial charge in [0.15, 0.2) is 5.78 Å². The molecule has 2 aromatic rings. The van der Waals surface area contributed by atoms with Crippen LogP contribution in [0.25, 0.3) is 10.9 Å². The van der Waals surface area contributed by atoms with E-state index in [0.717, 1.165) is 10.9 Å². The number of ether oxygens (including phenoxy) is 1. The molecule has 0 aliphatic carbocycles. The van der Waals surface area contributed by atoms with Gasteiger partial charge in [-0.2, -0.15) is 0 Å². The third kappa shape index (κ3) is 5.93. The van der Waals surface area contributed by atoms with Crippen LogP contribution in [0.3, 0.4) is 0 Å². The van der Waals surface area contributed by atoms with Crippen LogP contribution in [0.4, 0.5) is 0 Å². The van der Waals surface area contributed by atoms with Gasteiger partial charge < -0.3 is 30.8 Å². The number of carbonyl (C=O) groups excluding carboxylic acids is 4. The number of aromatic amines is 1. The number of aliphatic hydroxyl groups is 1. The molecule has 3 unspecified atom stereocenters. The molecule has 2 heterocycles. The molecule has 3 atom stereocenters. The van der Waals surface area contributed by atoms with Gasteiger partial charge in [-0.15, -0.1) is 0 Å². The quantitative estimate of drug-likeness (QED) is 0.328. The van der Waals surface area contributed by atoms with Crippen molar-refractivity contribution in [2.24, 2.45) is 11.8 Å². The smallest absolute Gasteiger partial charge is 0.268 e. The highest BCUT2D eigenvalue weighted by Crippen LogP contribution is 2.26. The van der Waals surface area contributed by atoms with Crippen LogP contribution >= 0.6 is 0 Å². The number of nitrogens with one attached hydrogen (secondary N) is 4. The Balaban J connectivity index is 1.75. The number of fused-ring (bicyclic) bond motifs is 1. The first-order chi connectivity index (χ1) is 16.2. The van der Waals surface area contributed by atoms with Crippen molar-refractivity contribution in [3.63, 3.8) is 0 Å². The van der Waals surface area contributed by atoms with Crippen molar-refractivity contribution in [1.29, 1.82) is 0 Å². The number of ketones is 1. The van der Waals surface area contributed by atoms with Crippen molar-refractivity contribution >= 4 is 34.4 Å². The molecule has 0 spiro atoms.